The van der Waals surface area contributed by atoms with Crippen molar-refractivity contribution in [2.75, 3.05) is 0 Å². The van der Waals surface area contributed by atoms with Crippen LogP contribution in [-0.2, 0) is 0 Å². The molecule has 2 rings (SSSR count). The Morgan fingerprint density at radius 3 is 2.00 bits per heavy atom. The highest BCUT2D eigenvalue weighted by atomic mass is 79.9. The lowest BCUT2D eigenvalue weighted by Crippen LogP contribution is -2.38. The highest BCUT2D eigenvalue weighted by molar-refractivity contribution is 9.09. The zero-order valence-corrected chi connectivity index (χ0v) is 7.28. The van der Waals surface area contributed by atoms with Crippen LogP contribution in [0.25, 0.3) is 0 Å². The summed E-state index contributed by atoms with van der Waals surface area (Å²) in [7, 11) is 0. The summed E-state index contributed by atoms with van der Waals surface area (Å²) in [5, 5.41) is 0. The van der Waals surface area contributed by atoms with Gasteiger partial charge in [0.1, 0.15) is 0 Å². The lowest BCUT2D eigenvalue weighted by Gasteiger charge is -2.44. The average Bonchev–Trinajstić information content (AvgIpc) is 2.34. The molecule has 0 aromatic carbocycles. The molecule has 0 bridgehead atoms. The largest absolute Gasteiger partial charge is 0.0885 e. The van der Waals surface area contributed by atoms with E-state index < -0.39 is 0 Å². The molecule has 1 spiro atoms. The Kier molecular flexibility index (Phi) is 1.37. The molecule has 2 saturated carbocycles. The van der Waals surface area contributed by atoms with Crippen LogP contribution in [0.3, 0.4) is 0 Å². The quantitative estimate of drug-likeness (QED) is 0.513. The van der Waals surface area contributed by atoms with E-state index in [0.717, 1.165) is 10.2 Å². The molecule has 1 heteroatoms. The Balaban J connectivity index is 2.06. The van der Waals surface area contributed by atoms with E-state index in [1.807, 2.05) is 0 Å². The molecule has 0 saturated heterocycles. The van der Waals surface area contributed by atoms with Crippen molar-refractivity contribution in [2.45, 2.75) is 43.4 Å². The maximum absolute atomic E-state index is 3.74. The van der Waals surface area contributed by atoms with Crippen LogP contribution in [0, 0.1) is 5.41 Å². The molecule has 0 amide bonds. The van der Waals surface area contributed by atoms with Crippen molar-refractivity contribution in [2.24, 2.45) is 5.41 Å². The van der Waals surface area contributed by atoms with Crippen molar-refractivity contribution in [1.82, 2.24) is 0 Å². The Bertz CT molecular complexity index is 114. The molecule has 2 aliphatic carbocycles. The van der Waals surface area contributed by atoms with Crippen LogP contribution >= 0.6 is 15.9 Å². The van der Waals surface area contributed by atoms with Crippen molar-refractivity contribution in [1.29, 1.82) is 0 Å². The second kappa shape index (κ2) is 1.98. The molecular formula is C8H13Br. The van der Waals surface area contributed by atoms with Gasteiger partial charge in [0, 0.05) is 4.83 Å². The lowest BCUT2D eigenvalue weighted by molar-refractivity contribution is 0.161. The first-order chi connectivity index (χ1) is 4.33. The predicted octanol–water partition coefficient (Wildman–Crippen LogP) is 3.10. The van der Waals surface area contributed by atoms with Gasteiger partial charge in [0.05, 0.1) is 0 Å². The molecule has 0 N–H and O–H groups in total. The van der Waals surface area contributed by atoms with Gasteiger partial charge in [-0.1, -0.05) is 28.8 Å². The molecule has 0 heterocycles. The molecule has 2 fully saturated rings. The van der Waals surface area contributed by atoms with Crippen molar-refractivity contribution in [3.8, 4) is 0 Å². The second-order valence-corrected chi connectivity index (χ2v) is 4.68. The van der Waals surface area contributed by atoms with Gasteiger partial charge in [0.15, 0.2) is 0 Å². The summed E-state index contributed by atoms with van der Waals surface area (Å²) in [5.41, 5.74) is 0.792. The van der Waals surface area contributed by atoms with Gasteiger partial charge < -0.3 is 0 Å². The van der Waals surface area contributed by atoms with Crippen LogP contribution in [0.5, 0.6) is 0 Å². The van der Waals surface area contributed by atoms with Gasteiger partial charge in [-0.05, 0) is 31.1 Å². The maximum Gasteiger partial charge on any atom is 0.0202 e. The Morgan fingerprint density at radius 1 is 1.11 bits per heavy atom. The maximum atomic E-state index is 3.74. The standard InChI is InChI=1S/C8H13Br/c9-7-3-6-8(7)4-1-2-5-8/h7H,1-6H2. The first-order valence-corrected chi connectivity index (χ1v) is 4.89. The minimum absolute atomic E-state index is 0.792. The molecule has 0 aromatic rings. The summed E-state index contributed by atoms with van der Waals surface area (Å²) in [4.78, 5) is 0.882. The molecule has 0 radical (unpaired) electrons. The molecule has 0 aromatic heterocycles. The van der Waals surface area contributed by atoms with Gasteiger partial charge in [-0.25, -0.2) is 0 Å². The van der Waals surface area contributed by atoms with Gasteiger partial charge >= 0.3 is 0 Å². The smallest absolute Gasteiger partial charge is 0.0202 e. The summed E-state index contributed by atoms with van der Waals surface area (Å²) in [6.07, 6.45) is 8.92. The van der Waals surface area contributed by atoms with E-state index >= 15 is 0 Å². The summed E-state index contributed by atoms with van der Waals surface area (Å²) in [5.74, 6) is 0. The molecule has 1 unspecified atom stereocenters. The Hall–Kier alpha value is 0.480. The van der Waals surface area contributed by atoms with Gasteiger partial charge in [-0.2, -0.15) is 0 Å². The lowest BCUT2D eigenvalue weighted by atomic mass is 9.67. The number of rotatable bonds is 0. The summed E-state index contributed by atoms with van der Waals surface area (Å²) in [6.45, 7) is 0. The van der Waals surface area contributed by atoms with Gasteiger partial charge in [-0.3, -0.25) is 0 Å². The van der Waals surface area contributed by atoms with Crippen molar-refractivity contribution in [3.05, 3.63) is 0 Å². The van der Waals surface area contributed by atoms with Crippen LogP contribution in [0.2, 0.25) is 0 Å². The SMILES string of the molecule is BrC1CCC12CCCC2. The van der Waals surface area contributed by atoms with Crippen LogP contribution in [0.4, 0.5) is 0 Å². The minimum atomic E-state index is 0.792. The van der Waals surface area contributed by atoms with E-state index in [0.29, 0.717) is 0 Å². The fourth-order valence-electron chi connectivity index (χ4n) is 2.30. The highest BCUT2D eigenvalue weighted by Crippen LogP contribution is 2.56. The van der Waals surface area contributed by atoms with Gasteiger partial charge in [0.25, 0.3) is 0 Å². The van der Waals surface area contributed by atoms with Crippen LogP contribution in [0.1, 0.15) is 38.5 Å². The molecule has 0 aliphatic heterocycles. The number of alkyl halides is 1. The van der Waals surface area contributed by atoms with E-state index in [9.17, 15) is 0 Å². The number of hydrogen-bond acceptors (Lipinski definition) is 0. The summed E-state index contributed by atoms with van der Waals surface area (Å²) >= 11 is 3.74. The third-order valence-corrected chi connectivity index (χ3v) is 4.59. The number of halogens is 1. The van der Waals surface area contributed by atoms with Gasteiger partial charge in [0.2, 0.25) is 0 Å². The fraction of sp³-hybridized carbons (Fsp3) is 1.00. The number of hydrogen-bond donors (Lipinski definition) is 0. The van der Waals surface area contributed by atoms with E-state index in [2.05, 4.69) is 15.9 Å². The first kappa shape index (κ1) is 6.21. The Morgan fingerprint density at radius 2 is 1.78 bits per heavy atom. The van der Waals surface area contributed by atoms with Gasteiger partial charge in [-0.15, -0.1) is 0 Å². The second-order valence-electron chi connectivity index (χ2n) is 3.58. The van der Waals surface area contributed by atoms with Crippen LogP contribution in [0.15, 0.2) is 0 Å². The predicted molar refractivity (Wildman–Crippen MR) is 42.9 cm³/mol. The zero-order valence-electron chi connectivity index (χ0n) is 5.70. The van der Waals surface area contributed by atoms with Crippen LogP contribution in [-0.4, -0.2) is 4.83 Å². The van der Waals surface area contributed by atoms with Crippen LogP contribution < -0.4 is 0 Å². The topological polar surface area (TPSA) is 0 Å². The first-order valence-electron chi connectivity index (χ1n) is 3.98. The van der Waals surface area contributed by atoms with E-state index in [1.54, 1.807) is 0 Å². The highest BCUT2D eigenvalue weighted by Gasteiger charge is 2.46. The minimum Gasteiger partial charge on any atom is -0.0885 e. The summed E-state index contributed by atoms with van der Waals surface area (Å²) < 4.78 is 0. The molecule has 2 aliphatic rings. The monoisotopic (exact) mass is 188 g/mol. The molecule has 52 valence electrons. The van der Waals surface area contributed by atoms with Crippen molar-refractivity contribution in [3.63, 3.8) is 0 Å². The van der Waals surface area contributed by atoms with E-state index in [1.165, 1.54) is 38.5 Å². The van der Waals surface area contributed by atoms with Crippen molar-refractivity contribution >= 4 is 15.9 Å². The van der Waals surface area contributed by atoms with E-state index in [4.69, 9.17) is 0 Å². The molecule has 0 nitrogen and oxygen atoms in total. The average molecular weight is 189 g/mol. The summed E-state index contributed by atoms with van der Waals surface area (Å²) in [6, 6.07) is 0. The van der Waals surface area contributed by atoms with E-state index in [-0.39, 0.29) is 0 Å². The zero-order chi connectivity index (χ0) is 6.32. The third kappa shape index (κ3) is 0.772. The molecular weight excluding hydrogens is 176 g/mol. The normalized spacial score (nSPS) is 39.0. The Labute approximate surface area is 65.1 Å². The van der Waals surface area contributed by atoms with Crippen molar-refractivity contribution < 1.29 is 0 Å². The fourth-order valence-corrected chi connectivity index (χ4v) is 3.22. The molecule has 1 atom stereocenters. The third-order valence-electron chi connectivity index (χ3n) is 3.16. The molecule has 9 heavy (non-hydrogen) atoms.